The Labute approximate surface area is 442 Å². The molecule has 14 nitrogen and oxygen atoms in total. The van der Waals surface area contributed by atoms with Crippen molar-refractivity contribution < 1.29 is 64.6 Å². The smallest absolute Gasteiger partial charge is 0.220 e. The third kappa shape index (κ3) is 31.1. The van der Waals surface area contributed by atoms with Crippen molar-refractivity contribution in [2.75, 3.05) is 19.8 Å². The van der Waals surface area contributed by atoms with Gasteiger partial charge in [-0.05, 0) is 57.8 Å². The van der Waals surface area contributed by atoms with Gasteiger partial charge < -0.3 is 65.1 Å². The van der Waals surface area contributed by atoms with Gasteiger partial charge in [0.15, 0.2) is 12.6 Å². The first-order chi connectivity index (χ1) is 35.6. The lowest BCUT2D eigenvalue weighted by Crippen LogP contribution is -2.65. The largest absolute Gasteiger partial charge is 0.394 e. The highest BCUT2D eigenvalue weighted by atomic mass is 16.7. The van der Waals surface area contributed by atoms with Crippen LogP contribution >= 0.6 is 0 Å². The van der Waals surface area contributed by atoms with E-state index in [1.54, 1.807) is 6.08 Å². The quantitative estimate of drug-likeness (QED) is 0.0205. The molecule has 426 valence electrons. The Balaban J connectivity index is 1.61. The molecule has 0 spiro atoms. The van der Waals surface area contributed by atoms with Crippen LogP contribution in [0.3, 0.4) is 0 Å². The predicted octanol–water partition coefficient (Wildman–Crippen LogP) is 9.61. The lowest BCUT2D eigenvalue weighted by molar-refractivity contribution is -0.359. The van der Waals surface area contributed by atoms with E-state index in [0.717, 1.165) is 57.8 Å². The minimum atomic E-state index is -1.79. The number of rotatable bonds is 46. The van der Waals surface area contributed by atoms with Gasteiger partial charge in [-0.3, -0.25) is 4.79 Å². The number of allylic oxidation sites excluding steroid dienone is 7. The SMILES string of the molecule is CCCCCCC/C=C\C/C=C\C/C=C\CCCCCCCCCCCCCCCCCCC(=O)NC(COC1OC(CO)C(OC2OC(CO)C(O)C(O)C2O)C(O)C1O)C(O)/C=C/CCCCCCCC. The Bertz CT molecular complexity index is 1410. The first-order valence-electron chi connectivity index (χ1n) is 29.4. The average molecular weight is 1040 g/mol. The topological polar surface area (TPSA) is 228 Å². The van der Waals surface area contributed by atoms with Crippen molar-refractivity contribution in [1.29, 1.82) is 0 Å². The summed E-state index contributed by atoms with van der Waals surface area (Å²) >= 11 is 0. The van der Waals surface area contributed by atoms with Crippen LogP contribution in [0.5, 0.6) is 0 Å². The molecule has 1 amide bonds. The van der Waals surface area contributed by atoms with Crippen molar-refractivity contribution in [3.05, 3.63) is 48.6 Å². The van der Waals surface area contributed by atoms with Crippen LogP contribution < -0.4 is 5.32 Å². The lowest BCUT2D eigenvalue weighted by Gasteiger charge is -2.46. The Kier molecular flexibility index (Phi) is 41.4. The average Bonchev–Trinajstić information content (AvgIpc) is 3.39. The monoisotopic (exact) mass is 1040 g/mol. The fraction of sp³-hybridized carbons (Fsp3) is 0.847. The minimum absolute atomic E-state index is 0.243. The number of nitrogens with one attached hydrogen (secondary N) is 1. The van der Waals surface area contributed by atoms with Crippen molar-refractivity contribution >= 4 is 5.91 Å². The van der Waals surface area contributed by atoms with E-state index in [9.17, 15) is 45.6 Å². The van der Waals surface area contributed by atoms with Gasteiger partial charge in [0.25, 0.3) is 0 Å². The van der Waals surface area contributed by atoms with Crippen LogP contribution in [-0.2, 0) is 23.7 Å². The first kappa shape index (κ1) is 67.1. The van der Waals surface area contributed by atoms with Gasteiger partial charge in [0.1, 0.15) is 48.8 Å². The van der Waals surface area contributed by atoms with Crippen molar-refractivity contribution in [2.24, 2.45) is 0 Å². The maximum absolute atomic E-state index is 13.2. The minimum Gasteiger partial charge on any atom is -0.394 e. The maximum Gasteiger partial charge on any atom is 0.220 e. The van der Waals surface area contributed by atoms with Crippen LogP contribution in [0.15, 0.2) is 48.6 Å². The summed E-state index contributed by atoms with van der Waals surface area (Å²) in [5.41, 5.74) is 0. The van der Waals surface area contributed by atoms with Gasteiger partial charge in [0.2, 0.25) is 5.91 Å². The molecule has 14 heteroatoms. The van der Waals surface area contributed by atoms with E-state index >= 15 is 0 Å². The van der Waals surface area contributed by atoms with Gasteiger partial charge in [-0.1, -0.05) is 210 Å². The van der Waals surface area contributed by atoms with Gasteiger partial charge in [-0.15, -0.1) is 0 Å². The molecule has 0 aromatic carbocycles. The number of ether oxygens (including phenoxy) is 4. The molecule has 0 radical (unpaired) electrons. The summed E-state index contributed by atoms with van der Waals surface area (Å²) in [6, 6.07) is -0.912. The van der Waals surface area contributed by atoms with Gasteiger partial charge >= 0.3 is 0 Å². The Hall–Kier alpha value is -2.05. The molecule has 2 saturated heterocycles. The number of hydrogen-bond acceptors (Lipinski definition) is 13. The molecule has 0 aromatic rings. The summed E-state index contributed by atoms with van der Waals surface area (Å²) in [5, 5.41) is 86.7. The Morgan fingerprint density at radius 3 is 1.38 bits per heavy atom. The van der Waals surface area contributed by atoms with E-state index in [1.165, 1.54) is 141 Å². The molecule has 0 saturated carbocycles. The zero-order valence-corrected chi connectivity index (χ0v) is 45.6. The summed E-state index contributed by atoms with van der Waals surface area (Å²) in [4.78, 5) is 13.2. The van der Waals surface area contributed by atoms with Crippen LogP contribution in [-0.4, -0.2) is 140 Å². The van der Waals surface area contributed by atoms with Crippen molar-refractivity contribution in [2.45, 2.75) is 299 Å². The van der Waals surface area contributed by atoms with Crippen LogP contribution in [0.25, 0.3) is 0 Å². The molecule has 2 heterocycles. The molecular formula is C59H107NO13. The molecular weight excluding hydrogens is 931 g/mol. The molecule has 73 heavy (non-hydrogen) atoms. The molecule has 9 N–H and O–H groups in total. The normalized spacial score (nSPS) is 25.7. The molecule has 2 rings (SSSR count). The standard InChI is InChI=1S/C59H107NO13/c1-3-5-7-9-11-13-14-15-16-17-18-19-20-21-22-23-24-25-26-27-28-29-30-31-32-33-34-35-37-39-41-43-51(64)60-47(48(63)42-40-38-36-12-10-8-6-4-2)46-70-58-56(69)54(67)57(50(45-62)72-58)73-59-55(68)53(66)52(65)49(44-61)71-59/h14-15,17-18,20-21,40,42,47-50,52-59,61-63,65-69H,3-13,16,19,22-39,41,43-46H2,1-2H3,(H,60,64)/b15-14-,18-17-,21-20-,42-40+. The second-order valence-corrected chi connectivity index (χ2v) is 20.8. The van der Waals surface area contributed by atoms with Crippen LogP contribution in [0.4, 0.5) is 0 Å². The summed E-state index contributed by atoms with van der Waals surface area (Å²) in [7, 11) is 0. The van der Waals surface area contributed by atoms with Crippen molar-refractivity contribution in [3.63, 3.8) is 0 Å². The number of hydrogen-bond donors (Lipinski definition) is 9. The predicted molar refractivity (Wildman–Crippen MR) is 291 cm³/mol. The Morgan fingerprint density at radius 2 is 0.904 bits per heavy atom. The molecule has 2 aliphatic heterocycles. The molecule has 2 aliphatic rings. The van der Waals surface area contributed by atoms with E-state index < -0.39 is 86.8 Å². The lowest BCUT2D eigenvalue weighted by atomic mass is 9.97. The van der Waals surface area contributed by atoms with Gasteiger partial charge in [0.05, 0.1) is 32.0 Å². The van der Waals surface area contributed by atoms with E-state index in [2.05, 4.69) is 55.6 Å². The van der Waals surface area contributed by atoms with Crippen molar-refractivity contribution in [1.82, 2.24) is 5.32 Å². The number of carbonyl (C=O) groups is 1. The second-order valence-electron chi connectivity index (χ2n) is 20.8. The molecule has 0 aliphatic carbocycles. The fourth-order valence-corrected chi connectivity index (χ4v) is 9.47. The molecule has 2 fully saturated rings. The number of aliphatic hydroxyl groups is 8. The summed E-state index contributed by atoms with van der Waals surface area (Å²) in [6.45, 7) is 2.73. The van der Waals surface area contributed by atoms with E-state index in [4.69, 9.17) is 18.9 Å². The summed E-state index contributed by atoms with van der Waals surface area (Å²) < 4.78 is 22.7. The van der Waals surface area contributed by atoms with E-state index in [-0.39, 0.29) is 18.9 Å². The van der Waals surface area contributed by atoms with Crippen LogP contribution in [0, 0.1) is 0 Å². The maximum atomic E-state index is 13.2. The summed E-state index contributed by atoms with van der Waals surface area (Å²) in [6.07, 6.45) is 39.1. The second kappa shape index (κ2) is 45.0. The van der Waals surface area contributed by atoms with Gasteiger partial charge in [-0.25, -0.2) is 0 Å². The third-order valence-electron chi connectivity index (χ3n) is 14.3. The number of unbranched alkanes of at least 4 members (excludes halogenated alkanes) is 27. The summed E-state index contributed by atoms with van der Waals surface area (Å²) in [5.74, 6) is -0.243. The van der Waals surface area contributed by atoms with Gasteiger partial charge in [-0.2, -0.15) is 0 Å². The number of carbonyl (C=O) groups excluding carboxylic acids is 1. The molecule has 0 bridgehead atoms. The number of aliphatic hydroxyl groups excluding tert-OH is 8. The molecule has 12 unspecified atom stereocenters. The highest BCUT2D eigenvalue weighted by molar-refractivity contribution is 5.76. The highest BCUT2D eigenvalue weighted by Crippen LogP contribution is 2.30. The first-order valence-corrected chi connectivity index (χ1v) is 29.4. The van der Waals surface area contributed by atoms with Crippen molar-refractivity contribution in [3.8, 4) is 0 Å². The van der Waals surface area contributed by atoms with E-state index in [0.29, 0.717) is 6.42 Å². The highest BCUT2D eigenvalue weighted by Gasteiger charge is 2.51. The van der Waals surface area contributed by atoms with Crippen LogP contribution in [0.1, 0.15) is 226 Å². The zero-order chi connectivity index (χ0) is 53.2. The molecule has 12 atom stereocenters. The fourth-order valence-electron chi connectivity index (χ4n) is 9.47. The van der Waals surface area contributed by atoms with E-state index in [1.807, 2.05) is 6.08 Å². The third-order valence-corrected chi connectivity index (χ3v) is 14.3. The van der Waals surface area contributed by atoms with Crippen LogP contribution in [0.2, 0.25) is 0 Å². The zero-order valence-electron chi connectivity index (χ0n) is 45.6. The number of amides is 1. The van der Waals surface area contributed by atoms with Gasteiger partial charge in [0, 0.05) is 6.42 Å². The molecule has 0 aromatic heterocycles. The Morgan fingerprint density at radius 1 is 0.493 bits per heavy atom.